The lowest BCUT2D eigenvalue weighted by molar-refractivity contribution is 0.0320. The van der Waals surface area contributed by atoms with Gasteiger partial charge < -0.3 is 4.74 Å². The van der Waals surface area contributed by atoms with Crippen molar-refractivity contribution in [2.45, 2.75) is 20.3 Å². The van der Waals surface area contributed by atoms with Gasteiger partial charge in [-0.2, -0.15) is 16.8 Å². The summed E-state index contributed by atoms with van der Waals surface area (Å²) in [6.45, 7) is 3.95. The Morgan fingerprint density at radius 3 is 1.90 bits per heavy atom. The zero-order chi connectivity index (χ0) is 16.0. The predicted octanol–water partition coefficient (Wildman–Crippen LogP) is 0.618. The Hall–Kier alpha value is -0.220. The molecule has 0 aromatic heterocycles. The van der Waals surface area contributed by atoms with E-state index in [4.69, 9.17) is 13.1 Å². The first-order valence-corrected chi connectivity index (χ1v) is 9.68. The molecule has 20 heavy (non-hydrogen) atoms. The maximum atomic E-state index is 11.1. The second-order valence-corrected chi connectivity index (χ2v) is 8.80. The molecule has 0 aliphatic rings. The van der Waals surface area contributed by atoms with E-state index >= 15 is 0 Å². The van der Waals surface area contributed by atoms with Crippen molar-refractivity contribution in [3.05, 3.63) is 0 Å². The molecule has 0 rings (SSSR count). The summed E-state index contributed by atoms with van der Waals surface area (Å²) in [4.78, 5) is 0. The molecular weight excluding hydrogens is 308 g/mol. The normalized spacial score (nSPS) is 17.6. The summed E-state index contributed by atoms with van der Waals surface area (Å²) in [5.74, 6) is -0.0898. The topological polar surface area (TPSA) is 96.0 Å². The van der Waals surface area contributed by atoms with Gasteiger partial charge in [-0.15, -0.1) is 0 Å². The summed E-state index contributed by atoms with van der Waals surface area (Å²) < 4.78 is 58.6. The molecule has 0 bridgehead atoms. The Kier molecular flexibility index (Phi) is 7.61. The first-order chi connectivity index (χ1) is 8.87. The van der Waals surface area contributed by atoms with E-state index in [9.17, 15) is 16.8 Å². The van der Waals surface area contributed by atoms with E-state index in [1.807, 2.05) is 13.8 Å². The van der Waals surface area contributed by atoms with E-state index in [1.54, 1.807) is 0 Å². The molecule has 0 aliphatic carbocycles. The summed E-state index contributed by atoms with van der Waals surface area (Å²) in [5.41, 5.74) is -0.544. The van der Waals surface area contributed by atoms with Crippen LogP contribution in [0.4, 0.5) is 0 Å². The molecule has 0 saturated heterocycles. The van der Waals surface area contributed by atoms with E-state index in [0.29, 0.717) is 13.0 Å². The molecule has 0 amide bonds. The molecule has 2 unspecified atom stereocenters. The van der Waals surface area contributed by atoms with Crippen molar-refractivity contribution in [2.75, 3.05) is 39.4 Å². The Labute approximate surface area is 121 Å². The van der Waals surface area contributed by atoms with Crippen molar-refractivity contribution < 1.29 is 29.9 Å². The third kappa shape index (κ3) is 10.6. The van der Waals surface area contributed by atoms with Gasteiger partial charge in [-0.05, 0) is 12.3 Å². The van der Waals surface area contributed by atoms with Gasteiger partial charge in [-0.1, -0.05) is 13.8 Å². The minimum atomic E-state index is -3.53. The van der Waals surface area contributed by atoms with Gasteiger partial charge in [0, 0.05) is 12.5 Å². The van der Waals surface area contributed by atoms with Crippen LogP contribution >= 0.6 is 0 Å². The van der Waals surface area contributed by atoms with E-state index in [2.05, 4.69) is 0 Å². The fourth-order valence-corrected chi connectivity index (χ4v) is 2.88. The number of ether oxygens (including phenoxy) is 1. The van der Waals surface area contributed by atoms with Crippen molar-refractivity contribution in [2.24, 2.45) is 11.3 Å². The van der Waals surface area contributed by atoms with Crippen molar-refractivity contribution >= 4 is 20.2 Å². The fourth-order valence-electron chi connectivity index (χ4n) is 1.90. The number of hydrogen-bond donors (Lipinski definition) is 0. The summed E-state index contributed by atoms with van der Waals surface area (Å²) >= 11 is 0. The number of methoxy groups -OCH3 is 1. The molecule has 0 aliphatic heterocycles. The fraction of sp³-hybridized carbons (Fsp3) is 1.00. The molecular formula is C11H24O7S2. The van der Waals surface area contributed by atoms with E-state index in [1.165, 1.54) is 7.11 Å². The number of hydrogen-bond acceptors (Lipinski definition) is 7. The quantitative estimate of drug-likeness (QED) is 0.541. The van der Waals surface area contributed by atoms with Gasteiger partial charge in [0.05, 0.1) is 32.3 Å². The van der Waals surface area contributed by atoms with Gasteiger partial charge in [-0.3, -0.25) is 8.37 Å². The first kappa shape index (κ1) is 19.8. The molecule has 2 atom stereocenters. The van der Waals surface area contributed by atoms with Crippen LogP contribution in [-0.2, 0) is 33.3 Å². The van der Waals surface area contributed by atoms with Crippen LogP contribution in [0.3, 0.4) is 0 Å². The van der Waals surface area contributed by atoms with Gasteiger partial charge in [-0.25, -0.2) is 0 Å². The molecule has 122 valence electrons. The molecule has 0 aromatic carbocycles. The largest absolute Gasteiger partial charge is 0.384 e. The van der Waals surface area contributed by atoms with Gasteiger partial charge in [0.25, 0.3) is 20.2 Å². The van der Waals surface area contributed by atoms with Gasteiger partial charge in [0.2, 0.25) is 0 Å². The van der Waals surface area contributed by atoms with Crippen molar-refractivity contribution in [1.82, 2.24) is 0 Å². The predicted molar refractivity (Wildman–Crippen MR) is 75.4 cm³/mol. The van der Waals surface area contributed by atoms with Crippen LogP contribution in [0.2, 0.25) is 0 Å². The summed E-state index contributed by atoms with van der Waals surface area (Å²) in [6, 6.07) is 0. The highest BCUT2D eigenvalue weighted by Gasteiger charge is 2.29. The smallest absolute Gasteiger partial charge is 0.264 e. The van der Waals surface area contributed by atoms with Crippen LogP contribution in [0.5, 0.6) is 0 Å². The van der Waals surface area contributed by atoms with Gasteiger partial charge in [0.1, 0.15) is 0 Å². The molecule has 7 nitrogen and oxygen atoms in total. The second kappa shape index (κ2) is 7.69. The van der Waals surface area contributed by atoms with Crippen LogP contribution in [0.15, 0.2) is 0 Å². The van der Waals surface area contributed by atoms with Crippen molar-refractivity contribution in [3.8, 4) is 0 Å². The monoisotopic (exact) mass is 332 g/mol. The zero-order valence-electron chi connectivity index (χ0n) is 12.6. The molecule has 0 saturated carbocycles. The molecule has 0 N–H and O–H groups in total. The molecule has 0 heterocycles. The van der Waals surface area contributed by atoms with Crippen LogP contribution in [0, 0.1) is 11.3 Å². The van der Waals surface area contributed by atoms with Gasteiger partial charge in [0.15, 0.2) is 0 Å². The first-order valence-electron chi connectivity index (χ1n) is 6.05. The highest BCUT2D eigenvalue weighted by Crippen LogP contribution is 2.28. The Bertz CT molecular complexity index is 483. The molecule has 0 fully saturated rings. The Morgan fingerprint density at radius 1 is 1.00 bits per heavy atom. The summed E-state index contributed by atoms with van der Waals surface area (Å²) in [6.07, 6.45) is 2.48. The maximum absolute atomic E-state index is 11.1. The average Bonchev–Trinajstić information content (AvgIpc) is 2.22. The molecule has 0 radical (unpaired) electrons. The third-order valence-electron chi connectivity index (χ3n) is 2.52. The van der Waals surface area contributed by atoms with E-state index in [0.717, 1.165) is 12.5 Å². The summed E-state index contributed by atoms with van der Waals surface area (Å²) in [5, 5.41) is 0. The minimum absolute atomic E-state index is 0.0249. The third-order valence-corrected chi connectivity index (χ3v) is 3.63. The Balaban J connectivity index is 4.58. The van der Waals surface area contributed by atoms with Crippen LogP contribution in [0.25, 0.3) is 0 Å². The highest BCUT2D eigenvalue weighted by molar-refractivity contribution is 7.86. The lowest BCUT2D eigenvalue weighted by Gasteiger charge is -2.30. The standard InChI is InChI=1S/C11H24O7S2/c1-10(7-17-19(4,12)13)6-11(2,8-16-3)9-18-20(5,14)15/h10H,6-9H2,1-5H3. The molecule has 0 aromatic rings. The zero-order valence-corrected chi connectivity index (χ0v) is 14.2. The van der Waals surface area contributed by atoms with Crippen LogP contribution < -0.4 is 0 Å². The van der Waals surface area contributed by atoms with Crippen LogP contribution in [0.1, 0.15) is 20.3 Å². The van der Waals surface area contributed by atoms with E-state index < -0.39 is 25.7 Å². The lowest BCUT2D eigenvalue weighted by Crippen LogP contribution is -2.33. The highest BCUT2D eigenvalue weighted by atomic mass is 32.2. The SMILES string of the molecule is COCC(C)(COS(C)(=O)=O)CC(C)COS(C)(=O)=O. The van der Waals surface area contributed by atoms with E-state index in [-0.39, 0.29) is 19.1 Å². The maximum Gasteiger partial charge on any atom is 0.264 e. The van der Waals surface area contributed by atoms with Gasteiger partial charge >= 0.3 is 0 Å². The van der Waals surface area contributed by atoms with Crippen molar-refractivity contribution in [1.29, 1.82) is 0 Å². The second-order valence-electron chi connectivity index (χ2n) is 5.51. The lowest BCUT2D eigenvalue weighted by atomic mass is 9.83. The Morgan fingerprint density at radius 2 is 1.50 bits per heavy atom. The molecule has 0 spiro atoms. The average molecular weight is 332 g/mol. The van der Waals surface area contributed by atoms with Crippen LogP contribution in [-0.4, -0.2) is 56.3 Å². The summed E-state index contributed by atoms with van der Waals surface area (Å²) in [7, 11) is -5.50. The molecule has 9 heteroatoms. The minimum Gasteiger partial charge on any atom is -0.384 e. The van der Waals surface area contributed by atoms with Crippen molar-refractivity contribution in [3.63, 3.8) is 0 Å². The number of rotatable bonds is 10.